The van der Waals surface area contributed by atoms with Crippen molar-refractivity contribution < 1.29 is 27.7 Å². The Morgan fingerprint density at radius 3 is 2.44 bits per heavy atom. The second-order valence-corrected chi connectivity index (χ2v) is 11.7. The summed E-state index contributed by atoms with van der Waals surface area (Å²) in [4.78, 5) is 40.1. The maximum atomic E-state index is 12.8. The van der Waals surface area contributed by atoms with E-state index in [1.165, 1.54) is 17.0 Å². The second kappa shape index (κ2) is 11.2. The van der Waals surface area contributed by atoms with E-state index in [1.807, 2.05) is 18.7 Å². The Bertz CT molecular complexity index is 1020. The minimum absolute atomic E-state index is 0.00285. The lowest BCUT2D eigenvalue weighted by Gasteiger charge is -2.29. The molecule has 1 atom stereocenters. The summed E-state index contributed by atoms with van der Waals surface area (Å²) in [7, 11) is -3.18. The van der Waals surface area contributed by atoms with Crippen molar-refractivity contribution in [3.05, 3.63) is 33.9 Å². The number of ether oxygens (including phenoxy) is 1. The molecule has 2 aliphatic heterocycles. The van der Waals surface area contributed by atoms with Gasteiger partial charge in [-0.15, -0.1) is 0 Å². The maximum absolute atomic E-state index is 12.8. The van der Waals surface area contributed by atoms with Crippen molar-refractivity contribution >= 4 is 33.1 Å². The number of carbonyl (C=O) groups is 2. The van der Waals surface area contributed by atoms with Crippen LogP contribution in [0.2, 0.25) is 0 Å². The molecule has 1 amide bonds. The van der Waals surface area contributed by atoms with Gasteiger partial charge < -0.3 is 14.5 Å². The fourth-order valence-electron chi connectivity index (χ4n) is 4.54. The molecule has 2 heterocycles. The highest BCUT2D eigenvalue weighted by molar-refractivity contribution is 7.91. The van der Waals surface area contributed by atoms with Gasteiger partial charge in [0.25, 0.3) is 11.6 Å². The van der Waals surface area contributed by atoms with Crippen molar-refractivity contribution in [2.24, 2.45) is 5.92 Å². The molecular formula is C23H33N3O7S. The first-order chi connectivity index (χ1) is 16.1. The first-order valence-electron chi connectivity index (χ1n) is 11.8. The Balaban J connectivity index is 1.69. The molecule has 1 aromatic rings. The van der Waals surface area contributed by atoms with E-state index in [4.69, 9.17) is 4.74 Å². The van der Waals surface area contributed by atoms with Crippen LogP contribution in [-0.4, -0.2) is 73.9 Å². The largest absolute Gasteiger partial charge is 0.452 e. The van der Waals surface area contributed by atoms with Gasteiger partial charge in [0.15, 0.2) is 16.4 Å². The molecule has 10 nitrogen and oxygen atoms in total. The van der Waals surface area contributed by atoms with Gasteiger partial charge in [0, 0.05) is 31.7 Å². The van der Waals surface area contributed by atoms with E-state index in [1.54, 1.807) is 6.07 Å². The van der Waals surface area contributed by atoms with Crippen LogP contribution in [0.25, 0.3) is 0 Å². The number of rotatable bonds is 8. The van der Waals surface area contributed by atoms with Crippen LogP contribution < -0.4 is 4.90 Å². The van der Waals surface area contributed by atoms with Crippen molar-refractivity contribution in [3.63, 3.8) is 0 Å². The average Bonchev–Trinajstić information content (AvgIpc) is 2.97. The molecule has 11 heteroatoms. The summed E-state index contributed by atoms with van der Waals surface area (Å²) in [6, 6.07) is 3.81. The van der Waals surface area contributed by atoms with Crippen LogP contribution in [0.15, 0.2) is 18.2 Å². The predicted octanol–water partition coefficient (Wildman–Crippen LogP) is 2.80. The molecule has 1 unspecified atom stereocenters. The van der Waals surface area contributed by atoms with Gasteiger partial charge in [-0.25, -0.2) is 13.2 Å². The molecule has 1 aromatic carbocycles. The van der Waals surface area contributed by atoms with Gasteiger partial charge in [0.05, 0.1) is 22.0 Å². The summed E-state index contributed by atoms with van der Waals surface area (Å²) < 4.78 is 28.9. The van der Waals surface area contributed by atoms with E-state index in [2.05, 4.69) is 0 Å². The number of nitro groups is 1. The lowest BCUT2D eigenvalue weighted by atomic mass is 10.1. The topological polar surface area (TPSA) is 127 Å². The monoisotopic (exact) mass is 495 g/mol. The van der Waals surface area contributed by atoms with E-state index >= 15 is 0 Å². The third-order valence-corrected chi connectivity index (χ3v) is 7.96. The molecule has 3 rings (SSSR count). The quantitative estimate of drug-likeness (QED) is 0.306. The fraction of sp³-hybridized carbons (Fsp3) is 0.652. The van der Waals surface area contributed by atoms with E-state index in [0.717, 1.165) is 38.8 Å². The number of hydrogen-bond acceptors (Lipinski definition) is 8. The van der Waals surface area contributed by atoms with Crippen molar-refractivity contribution in [2.45, 2.75) is 52.0 Å². The van der Waals surface area contributed by atoms with Gasteiger partial charge in [0.1, 0.15) is 5.69 Å². The van der Waals surface area contributed by atoms with E-state index in [9.17, 15) is 28.1 Å². The maximum Gasteiger partial charge on any atom is 0.338 e. The van der Waals surface area contributed by atoms with Crippen LogP contribution in [0, 0.1) is 16.0 Å². The molecule has 0 N–H and O–H groups in total. The zero-order valence-corrected chi connectivity index (χ0v) is 20.6. The minimum Gasteiger partial charge on any atom is -0.452 e. The predicted molar refractivity (Wildman–Crippen MR) is 128 cm³/mol. The van der Waals surface area contributed by atoms with Gasteiger partial charge >= 0.3 is 5.97 Å². The number of nitro benzene ring substituents is 1. The van der Waals surface area contributed by atoms with Crippen molar-refractivity contribution in [1.29, 1.82) is 0 Å². The Hall–Kier alpha value is -2.69. The molecule has 0 aromatic heterocycles. The van der Waals surface area contributed by atoms with Crippen LogP contribution >= 0.6 is 0 Å². The third-order valence-electron chi connectivity index (χ3n) is 6.21. The first-order valence-corrected chi connectivity index (χ1v) is 13.6. The third kappa shape index (κ3) is 6.68. The lowest BCUT2D eigenvalue weighted by Crippen LogP contribution is -2.45. The van der Waals surface area contributed by atoms with Crippen molar-refractivity contribution in [1.82, 2.24) is 4.90 Å². The smallest absolute Gasteiger partial charge is 0.338 e. The summed E-state index contributed by atoms with van der Waals surface area (Å²) in [5.74, 6) is -1.25. The van der Waals surface area contributed by atoms with E-state index in [-0.39, 0.29) is 28.7 Å². The van der Waals surface area contributed by atoms with Gasteiger partial charge in [-0.2, -0.15) is 0 Å². The second-order valence-electron chi connectivity index (χ2n) is 9.43. The molecule has 0 bridgehead atoms. The summed E-state index contributed by atoms with van der Waals surface area (Å²) in [5, 5.41) is 11.7. The standard InChI is InChI=1S/C23H33N3O7S/c1-17(2)14-25(19-9-12-34(31,32)16-19)22(27)15-33-23(28)18-7-8-20(21(13-18)26(29)30)24-10-5-3-4-6-11-24/h7-8,13,17,19H,3-6,9-12,14-16H2,1-2H3. The summed E-state index contributed by atoms with van der Waals surface area (Å²) in [6.07, 6.45) is 4.45. The first kappa shape index (κ1) is 25.9. The molecule has 2 saturated heterocycles. The van der Waals surface area contributed by atoms with Gasteiger partial charge in [-0.05, 0) is 37.3 Å². The molecule has 188 valence electrons. The number of nitrogens with zero attached hydrogens (tertiary/aromatic N) is 3. The SMILES string of the molecule is CC(C)CN(C(=O)COC(=O)c1ccc(N2CCCCCC2)c([N+](=O)[O-])c1)C1CCS(=O)(=O)C1. The molecule has 0 saturated carbocycles. The van der Waals surface area contributed by atoms with E-state index in [0.29, 0.717) is 18.7 Å². The molecular weight excluding hydrogens is 462 g/mol. The fourth-order valence-corrected chi connectivity index (χ4v) is 6.27. The van der Waals surface area contributed by atoms with Gasteiger partial charge in [0.2, 0.25) is 0 Å². The normalized spacial score (nSPS) is 20.1. The number of anilines is 1. The number of carbonyl (C=O) groups excluding carboxylic acids is 2. The number of sulfone groups is 1. The van der Waals surface area contributed by atoms with Crippen LogP contribution in [0.3, 0.4) is 0 Å². The van der Waals surface area contributed by atoms with E-state index < -0.39 is 39.3 Å². The molecule has 2 fully saturated rings. The molecule has 34 heavy (non-hydrogen) atoms. The van der Waals surface area contributed by atoms with Gasteiger partial charge in [-0.1, -0.05) is 26.7 Å². The molecule has 0 radical (unpaired) electrons. The zero-order chi connectivity index (χ0) is 24.9. The van der Waals surface area contributed by atoms with Crippen LogP contribution in [0.4, 0.5) is 11.4 Å². The highest BCUT2D eigenvalue weighted by atomic mass is 32.2. The highest BCUT2D eigenvalue weighted by Gasteiger charge is 2.35. The summed E-state index contributed by atoms with van der Waals surface area (Å²) >= 11 is 0. The molecule has 0 aliphatic carbocycles. The number of amides is 1. The number of benzene rings is 1. The van der Waals surface area contributed by atoms with Crippen LogP contribution in [-0.2, 0) is 19.4 Å². The average molecular weight is 496 g/mol. The Morgan fingerprint density at radius 2 is 1.88 bits per heavy atom. The Kier molecular flexibility index (Phi) is 8.51. The zero-order valence-electron chi connectivity index (χ0n) is 19.8. The van der Waals surface area contributed by atoms with Crippen molar-refractivity contribution in [2.75, 3.05) is 42.6 Å². The summed E-state index contributed by atoms with van der Waals surface area (Å²) in [6.45, 7) is 5.08. The number of hydrogen-bond donors (Lipinski definition) is 0. The van der Waals surface area contributed by atoms with Crippen molar-refractivity contribution in [3.8, 4) is 0 Å². The molecule has 0 spiro atoms. The Labute approximate surface area is 200 Å². The Morgan fingerprint density at radius 1 is 1.21 bits per heavy atom. The lowest BCUT2D eigenvalue weighted by molar-refractivity contribution is -0.384. The van der Waals surface area contributed by atoms with Crippen LogP contribution in [0.1, 0.15) is 56.3 Å². The number of esters is 1. The molecule has 2 aliphatic rings. The summed E-state index contributed by atoms with van der Waals surface area (Å²) in [5.41, 5.74) is 0.308. The minimum atomic E-state index is -3.18. The highest BCUT2D eigenvalue weighted by Crippen LogP contribution is 2.31. The van der Waals surface area contributed by atoms with Crippen LogP contribution in [0.5, 0.6) is 0 Å². The van der Waals surface area contributed by atoms with Gasteiger partial charge in [-0.3, -0.25) is 14.9 Å².